The second kappa shape index (κ2) is 11.9. The van der Waals surface area contributed by atoms with Crippen LogP contribution in [0.2, 0.25) is 0 Å². The van der Waals surface area contributed by atoms with Crippen LogP contribution < -0.4 is 4.90 Å². The maximum absolute atomic E-state index is 5.16. The highest BCUT2D eigenvalue weighted by Crippen LogP contribution is 2.64. The van der Waals surface area contributed by atoms with Gasteiger partial charge < -0.3 is 4.90 Å². The summed E-state index contributed by atoms with van der Waals surface area (Å²) in [7, 11) is 0. The first-order chi connectivity index (χ1) is 26.8. The van der Waals surface area contributed by atoms with Gasteiger partial charge in [-0.2, -0.15) is 0 Å². The minimum absolute atomic E-state index is 0.560. The second-order valence-electron chi connectivity index (χ2n) is 13.8. The Balaban J connectivity index is 1.10. The summed E-state index contributed by atoms with van der Waals surface area (Å²) >= 11 is 0. The molecule has 0 amide bonds. The Hall–Kier alpha value is -7.24. The van der Waals surface area contributed by atoms with Crippen LogP contribution in [0.25, 0.3) is 56.2 Å². The number of pyridine rings is 1. The lowest BCUT2D eigenvalue weighted by Crippen LogP contribution is -2.36. The second-order valence-corrected chi connectivity index (χ2v) is 13.8. The van der Waals surface area contributed by atoms with E-state index in [1.807, 2.05) is 66.9 Å². The summed E-state index contributed by atoms with van der Waals surface area (Å²) in [6.07, 6.45) is 2.02. The number of aromatic nitrogens is 4. The molecule has 54 heavy (non-hydrogen) atoms. The van der Waals surface area contributed by atoms with Crippen molar-refractivity contribution in [2.75, 3.05) is 4.90 Å². The van der Waals surface area contributed by atoms with E-state index in [1.165, 1.54) is 33.2 Å². The van der Waals surface area contributed by atoms with Crippen molar-refractivity contribution in [1.29, 1.82) is 0 Å². The molecule has 5 nitrogen and oxygen atoms in total. The zero-order valence-corrected chi connectivity index (χ0v) is 29.1. The summed E-state index contributed by atoms with van der Waals surface area (Å²) in [4.78, 5) is 22.4. The summed E-state index contributed by atoms with van der Waals surface area (Å²) in [5.41, 5.74) is 12.8. The average molecular weight is 690 g/mol. The molecule has 0 bridgehead atoms. The zero-order chi connectivity index (χ0) is 35.6. The van der Waals surface area contributed by atoms with E-state index >= 15 is 0 Å². The van der Waals surface area contributed by atoms with Gasteiger partial charge in [0.15, 0.2) is 17.5 Å². The molecule has 1 spiro atoms. The molecule has 7 aromatic carbocycles. The standard InChI is InChI=1S/C49H31N5/c1-3-15-32(16-4-1)46-51-47(33-17-5-2-6-18-33)53-48(52-46)34-27-29-36(30-28-34)54-42-25-13-11-23-40(42)49(41-24-12-14-26-43(41)54)39-22-10-9-21-38(39)45-44(49)37-20-8-7-19-35(37)31-50-45/h1-31H. The lowest BCUT2D eigenvalue weighted by Gasteiger charge is -2.45. The molecule has 11 rings (SSSR count). The van der Waals surface area contributed by atoms with Gasteiger partial charge in [0, 0.05) is 45.1 Å². The third-order valence-electron chi connectivity index (χ3n) is 10.9. The molecule has 0 fully saturated rings. The molecule has 1 aliphatic heterocycles. The van der Waals surface area contributed by atoms with Crippen LogP contribution in [0.4, 0.5) is 17.1 Å². The molecule has 0 unspecified atom stereocenters. The van der Waals surface area contributed by atoms with Gasteiger partial charge in [0.1, 0.15) is 0 Å². The number of fused-ring (bicyclic) bond motifs is 11. The number of hydrogen-bond donors (Lipinski definition) is 0. The van der Waals surface area contributed by atoms with Gasteiger partial charge in [-0.15, -0.1) is 0 Å². The van der Waals surface area contributed by atoms with E-state index in [4.69, 9.17) is 19.9 Å². The first-order valence-electron chi connectivity index (χ1n) is 18.2. The minimum atomic E-state index is -0.560. The first-order valence-corrected chi connectivity index (χ1v) is 18.2. The van der Waals surface area contributed by atoms with Gasteiger partial charge in [-0.05, 0) is 58.5 Å². The lowest BCUT2D eigenvalue weighted by molar-refractivity contribution is 0.757. The van der Waals surface area contributed by atoms with Gasteiger partial charge >= 0.3 is 0 Å². The average Bonchev–Trinajstić information content (AvgIpc) is 3.56. The Morgan fingerprint density at radius 1 is 0.407 bits per heavy atom. The quantitative estimate of drug-likeness (QED) is 0.184. The Bertz CT molecular complexity index is 2780. The zero-order valence-electron chi connectivity index (χ0n) is 29.1. The van der Waals surface area contributed by atoms with Gasteiger partial charge in [-0.3, -0.25) is 4.98 Å². The van der Waals surface area contributed by atoms with Crippen LogP contribution in [0.1, 0.15) is 22.3 Å². The maximum atomic E-state index is 5.16. The van der Waals surface area contributed by atoms with Gasteiger partial charge in [-0.1, -0.05) is 146 Å². The van der Waals surface area contributed by atoms with E-state index in [1.54, 1.807) is 0 Å². The number of para-hydroxylation sites is 2. The molecular formula is C49H31N5. The Morgan fingerprint density at radius 2 is 0.889 bits per heavy atom. The summed E-state index contributed by atoms with van der Waals surface area (Å²) in [6, 6.07) is 64.1. The van der Waals surface area contributed by atoms with E-state index < -0.39 is 5.41 Å². The molecule has 5 heteroatoms. The number of nitrogens with zero attached hydrogens (tertiary/aromatic N) is 5. The number of rotatable bonds is 4. The Kier molecular flexibility index (Phi) is 6.70. The Morgan fingerprint density at radius 3 is 1.50 bits per heavy atom. The molecule has 1 aliphatic carbocycles. The summed E-state index contributed by atoms with van der Waals surface area (Å²) in [5, 5.41) is 2.36. The molecule has 2 aliphatic rings. The van der Waals surface area contributed by atoms with E-state index in [-0.39, 0.29) is 0 Å². The predicted octanol–water partition coefficient (Wildman–Crippen LogP) is 11.6. The van der Waals surface area contributed by atoms with Crippen molar-refractivity contribution in [3.05, 3.63) is 210 Å². The van der Waals surface area contributed by atoms with Crippen LogP contribution in [0, 0.1) is 0 Å². The topological polar surface area (TPSA) is 54.8 Å². The van der Waals surface area contributed by atoms with Crippen LogP contribution in [-0.4, -0.2) is 19.9 Å². The molecule has 2 aromatic heterocycles. The maximum Gasteiger partial charge on any atom is 0.164 e. The molecule has 0 saturated heterocycles. The van der Waals surface area contributed by atoms with Gasteiger partial charge in [0.25, 0.3) is 0 Å². The van der Waals surface area contributed by atoms with Crippen molar-refractivity contribution >= 4 is 27.8 Å². The molecule has 252 valence electrons. The SMILES string of the molecule is c1ccc(-c2nc(-c3ccccc3)nc(-c3ccc(N4c5ccccc5C5(c6ccccc6-c6ncc7ccccc7c65)c5ccccc54)cc3)n2)cc1. The molecule has 9 aromatic rings. The monoisotopic (exact) mass is 689 g/mol. The van der Waals surface area contributed by atoms with Crippen LogP contribution in [0.5, 0.6) is 0 Å². The van der Waals surface area contributed by atoms with Crippen molar-refractivity contribution < 1.29 is 0 Å². The van der Waals surface area contributed by atoms with Crippen LogP contribution >= 0.6 is 0 Å². The fourth-order valence-corrected chi connectivity index (χ4v) is 8.68. The first kappa shape index (κ1) is 30.4. The fourth-order valence-electron chi connectivity index (χ4n) is 8.68. The largest absolute Gasteiger partial charge is 0.310 e. The van der Waals surface area contributed by atoms with Gasteiger partial charge in [-0.25, -0.2) is 15.0 Å². The van der Waals surface area contributed by atoms with E-state index in [9.17, 15) is 0 Å². The third-order valence-corrected chi connectivity index (χ3v) is 10.9. The van der Waals surface area contributed by atoms with Crippen molar-refractivity contribution in [2.24, 2.45) is 0 Å². The van der Waals surface area contributed by atoms with E-state index in [0.29, 0.717) is 17.5 Å². The highest BCUT2D eigenvalue weighted by molar-refractivity contribution is 6.02. The molecule has 0 saturated carbocycles. The molecule has 0 radical (unpaired) electrons. The van der Waals surface area contributed by atoms with Crippen LogP contribution in [0.3, 0.4) is 0 Å². The lowest BCUT2D eigenvalue weighted by atomic mass is 9.64. The Labute approximate surface area is 313 Å². The summed E-state index contributed by atoms with van der Waals surface area (Å²) < 4.78 is 0. The third kappa shape index (κ3) is 4.39. The highest BCUT2D eigenvalue weighted by atomic mass is 15.2. The van der Waals surface area contributed by atoms with Crippen molar-refractivity contribution in [1.82, 2.24) is 19.9 Å². The molecule has 0 N–H and O–H groups in total. The predicted molar refractivity (Wildman–Crippen MR) is 217 cm³/mol. The molecule has 0 atom stereocenters. The summed E-state index contributed by atoms with van der Waals surface area (Å²) in [6.45, 7) is 0. The van der Waals surface area contributed by atoms with Crippen LogP contribution in [-0.2, 0) is 5.41 Å². The van der Waals surface area contributed by atoms with Crippen molar-refractivity contribution in [3.8, 4) is 45.4 Å². The molecular weight excluding hydrogens is 659 g/mol. The van der Waals surface area contributed by atoms with Crippen LogP contribution in [0.15, 0.2) is 188 Å². The fraction of sp³-hybridized carbons (Fsp3) is 0.0204. The van der Waals surface area contributed by atoms with Gasteiger partial charge in [0.2, 0.25) is 0 Å². The number of anilines is 3. The summed E-state index contributed by atoms with van der Waals surface area (Å²) in [5.74, 6) is 1.92. The normalized spacial score (nSPS) is 13.3. The van der Waals surface area contributed by atoms with E-state index in [0.717, 1.165) is 44.8 Å². The number of hydrogen-bond acceptors (Lipinski definition) is 5. The smallest absolute Gasteiger partial charge is 0.164 e. The van der Waals surface area contributed by atoms with Gasteiger partial charge in [0.05, 0.1) is 22.5 Å². The van der Waals surface area contributed by atoms with E-state index in [2.05, 4.69) is 126 Å². The minimum Gasteiger partial charge on any atom is -0.310 e. The number of benzene rings is 7. The van der Waals surface area contributed by atoms with Crippen molar-refractivity contribution in [2.45, 2.75) is 5.41 Å². The van der Waals surface area contributed by atoms with Crippen molar-refractivity contribution in [3.63, 3.8) is 0 Å². The highest BCUT2D eigenvalue weighted by Gasteiger charge is 2.53. The molecule has 3 heterocycles.